The Labute approximate surface area is 70.4 Å². The predicted molar refractivity (Wildman–Crippen MR) is 41.2 cm³/mol. The summed E-state index contributed by atoms with van der Waals surface area (Å²) in [6.45, 7) is -0.102. The van der Waals surface area contributed by atoms with Gasteiger partial charge in [-0.3, -0.25) is 0 Å². The fourth-order valence-electron chi connectivity index (χ4n) is 1.68. The van der Waals surface area contributed by atoms with Crippen LogP contribution in [-0.4, -0.2) is 51.4 Å². The topological polar surface area (TPSA) is 107 Å². The molecule has 0 aliphatic heterocycles. The molecule has 6 N–H and O–H groups in total. The maximum absolute atomic E-state index is 9.33. The third-order valence-electron chi connectivity index (χ3n) is 2.49. The standard InChI is InChI=1S/C7H15NO4/c8-4-3(1-2-9)5(10)7(12)6(4)11/h3-7,9-12H,1-2,8H2/t3-,4-,5-,6-,7-/m0/s1. The fraction of sp³-hybridized carbons (Fsp3) is 1.00. The molecule has 0 saturated heterocycles. The second kappa shape index (κ2) is 3.68. The molecular weight excluding hydrogens is 162 g/mol. The van der Waals surface area contributed by atoms with Crippen LogP contribution in [0.1, 0.15) is 6.42 Å². The normalized spacial score (nSPS) is 48.2. The van der Waals surface area contributed by atoms with E-state index < -0.39 is 30.3 Å². The lowest BCUT2D eigenvalue weighted by atomic mass is 9.98. The van der Waals surface area contributed by atoms with E-state index >= 15 is 0 Å². The van der Waals surface area contributed by atoms with Gasteiger partial charge in [-0.2, -0.15) is 0 Å². The molecule has 0 aromatic heterocycles. The van der Waals surface area contributed by atoms with Crippen molar-refractivity contribution in [2.75, 3.05) is 6.61 Å². The first-order valence-electron chi connectivity index (χ1n) is 4.00. The predicted octanol–water partition coefficient (Wildman–Crippen LogP) is -2.59. The fourth-order valence-corrected chi connectivity index (χ4v) is 1.68. The Hall–Kier alpha value is -0.200. The summed E-state index contributed by atoms with van der Waals surface area (Å²) in [5.74, 6) is -0.417. The molecule has 0 aromatic carbocycles. The highest BCUT2D eigenvalue weighted by Crippen LogP contribution is 2.28. The summed E-state index contributed by atoms with van der Waals surface area (Å²) in [6, 6.07) is -0.651. The molecule has 1 rings (SSSR count). The lowest BCUT2D eigenvalue weighted by Gasteiger charge is -2.17. The minimum atomic E-state index is -1.18. The van der Waals surface area contributed by atoms with Gasteiger partial charge in [0, 0.05) is 18.6 Å². The van der Waals surface area contributed by atoms with Gasteiger partial charge in [-0.15, -0.1) is 0 Å². The van der Waals surface area contributed by atoms with Crippen molar-refractivity contribution in [1.82, 2.24) is 0 Å². The highest BCUT2D eigenvalue weighted by molar-refractivity contribution is 5.00. The van der Waals surface area contributed by atoms with Crippen LogP contribution in [0, 0.1) is 5.92 Å². The Morgan fingerprint density at radius 3 is 1.92 bits per heavy atom. The summed E-state index contributed by atoms with van der Waals surface area (Å²) in [6.07, 6.45) is -2.99. The Bertz CT molecular complexity index is 140. The van der Waals surface area contributed by atoms with Gasteiger partial charge in [0.05, 0.1) is 12.2 Å². The maximum Gasteiger partial charge on any atom is 0.108 e. The Balaban J connectivity index is 2.62. The lowest BCUT2D eigenvalue weighted by molar-refractivity contribution is -0.0282. The first kappa shape index (κ1) is 9.88. The summed E-state index contributed by atoms with van der Waals surface area (Å²) in [5.41, 5.74) is 5.51. The molecule has 5 nitrogen and oxygen atoms in total. The van der Waals surface area contributed by atoms with Crippen LogP contribution < -0.4 is 5.73 Å². The number of hydrogen-bond donors (Lipinski definition) is 5. The van der Waals surface area contributed by atoms with Crippen LogP contribution >= 0.6 is 0 Å². The molecule has 0 aromatic rings. The van der Waals surface area contributed by atoms with Gasteiger partial charge in [-0.25, -0.2) is 0 Å². The molecule has 0 amide bonds. The lowest BCUT2D eigenvalue weighted by Crippen LogP contribution is -2.38. The van der Waals surface area contributed by atoms with Crippen LogP contribution in [0.15, 0.2) is 0 Å². The number of aliphatic hydroxyl groups is 4. The minimum Gasteiger partial charge on any atom is -0.396 e. The van der Waals surface area contributed by atoms with Gasteiger partial charge in [0.2, 0.25) is 0 Å². The zero-order chi connectivity index (χ0) is 9.30. The molecule has 0 heterocycles. The third kappa shape index (κ3) is 1.46. The van der Waals surface area contributed by atoms with Crippen molar-refractivity contribution >= 4 is 0 Å². The molecule has 0 radical (unpaired) electrons. The first-order valence-corrected chi connectivity index (χ1v) is 4.00. The van der Waals surface area contributed by atoms with E-state index in [1.54, 1.807) is 0 Å². The molecule has 1 saturated carbocycles. The maximum atomic E-state index is 9.33. The highest BCUT2D eigenvalue weighted by Gasteiger charge is 2.46. The molecule has 0 bridgehead atoms. The van der Waals surface area contributed by atoms with Crippen molar-refractivity contribution < 1.29 is 20.4 Å². The van der Waals surface area contributed by atoms with E-state index in [-0.39, 0.29) is 6.61 Å². The molecule has 1 fully saturated rings. The van der Waals surface area contributed by atoms with E-state index in [1.807, 2.05) is 0 Å². The largest absolute Gasteiger partial charge is 0.396 e. The molecular formula is C7H15NO4. The molecule has 5 atom stereocenters. The van der Waals surface area contributed by atoms with Crippen molar-refractivity contribution in [1.29, 1.82) is 0 Å². The van der Waals surface area contributed by atoms with Crippen molar-refractivity contribution in [3.63, 3.8) is 0 Å². The number of nitrogens with two attached hydrogens (primary N) is 1. The van der Waals surface area contributed by atoms with Gasteiger partial charge < -0.3 is 26.2 Å². The van der Waals surface area contributed by atoms with E-state index in [1.165, 1.54) is 0 Å². The Morgan fingerprint density at radius 2 is 1.58 bits per heavy atom. The quantitative estimate of drug-likeness (QED) is 0.318. The van der Waals surface area contributed by atoms with Gasteiger partial charge in [-0.05, 0) is 6.42 Å². The third-order valence-corrected chi connectivity index (χ3v) is 2.49. The van der Waals surface area contributed by atoms with Gasteiger partial charge >= 0.3 is 0 Å². The van der Waals surface area contributed by atoms with E-state index in [4.69, 9.17) is 10.8 Å². The summed E-state index contributed by atoms with van der Waals surface area (Å²) in [5, 5.41) is 36.3. The average molecular weight is 177 g/mol. The second-order valence-corrected chi connectivity index (χ2v) is 3.23. The van der Waals surface area contributed by atoms with E-state index in [0.717, 1.165) is 0 Å². The van der Waals surface area contributed by atoms with Gasteiger partial charge in [0.1, 0.15) is 6.10 Å². The Kier molecular flexibility index (Phi) is 3.03. The molecule has 12 heavy (non-hydrogen) atoms. The van der Waals surface area contributed by atoms with Crippen LogP contribution in [0.2, 0.25) is 0 Å². The van der Waals surface area contributed by atoms with Gasteiger partial charge in [0.25, 0.3) is 0 Å². The molecule has 0 spiro atoms. The highest BCUT2D eigenvalue weighted by atomic mass is 16.4. The molecule has 0 unspecified atom stereocenters. The van der Waals surface area contributed by atoms with Gasteiger partial charge in [-0.1, -0.05) is 0 Å². The van der Waals surface area contributed by atoms with Crippen LogP contribution in [0.5, 0.6) is 0 Å². The smallest absolute Gasteiger partial charge is 0.108 e. The Morgan fingerprint density at radius 1 is 1.00 bits per heavy atom. The first-order chi connectivity index (χ1) is 5.59. The van der Waals surface area contributed by atoms with Crippen molar-refractivity contribution in [3.05, 3.63) is 0 Å². The monoisotopic (exact) mass is 177 g/mol. The summed E-state index contributed by atoms with van der Waals surface area (Å²) < 4.78 is 0. The van der Waals surface area contributed by atoms with Crippen molar-refractivity contribution in [2.24, 2.45) is 11.7 Å². The zero-order valence-corrected chi connectivity index (χ0v) is 6.67. The van der Waals surface area contributed by atoms with E-state index in [2.05, 4.69) is 0 Å². The zero-order valence-electron chi connectivity index (χ0n) is 6.67. The van der Waals surface area contributed by atoms with Crippen LogP contribution in [-0.2, 0) is 0 Å². The van der Waals surface area contributed by atoms with E-state index in [9.17, 15) is 15.3 Å². The van der Waals surface area contributed by atoms with Crippen molar-refractivity contribution in [2.45, 2.75) is 30.8 Å². The van der Waals surface area contributed by atoms with Crippen LogP contribution in [0.3, 0.4) is 0 Å². The molecule has 72 valence electrons. The molecule has 1 aliphatic rings. The molecule has 5 heteroatoms. The average Bonchev–Trinajstić information content (AvgIpc) is 2.23. The van der Waals surface area contributed by atoms with Crippen LogP contribution in [0.25, 0.3) is 0 Å². The number of rotatable bonds is 2. The van der Waals surface area contributed by atoms with Crippen molar-refractivity contribution in [3.8, 4) is 0 Å². The number of aliphatic hydroxyl groups excluding tert-OH is 4. The summed E-state index contributed by atoms with van der Waals surface area (Å²) in [4.78, 5) is 0. The molecule has 1 aliphatic carbocycles. The summed E-state index contributed by atoms with van der Waals surface area (Å²) in [7, 11) is 0. The van der Waals surface area contributed by atoms with Gasteiger partial charge in [0.15, 0.2) is 0 Å². The minimum absolute atomic E-state index is 0.102. The summed E-state index contributed by atoms with van der Waals surface area (Å²) >= 11 is 0. The van der Waals surface area contributed by atoms with Crippen LogP contribution in [0.4, 0.5) is 0 Å². The number of hydrogen-bond acceptors (Lipinski definition) is 5. The second-order valence-electron chi connectivity index (χ2n) is 3.23. The SMILES string of the molecule is N[C@@H]1[C@H](O)[C@@H](O)[C@@H](O)[C@H]1CCO. The van der Waals surface area contributed by atoms with E-state index in [0.29, 0.717) is 6.42 Å².